The normalized spacial score (nSPS) is 21.0. The summed E-state index contributed by atoms with van der Waals surface area (Å²) in [5, 5.41) is 31.0. The number of allylic oxidation sites excluding steroid dienone is 2. The molecule has 0 aromatic heterocycles. The molecule has 0 spiro atoms. The number of phosphoric ester groups is 1. The van der Waals surface area contributed by atoms with Crippen molar-refractivity contribution in [3.63, 3.8) is 0 Å². The summed E-state index contributed by atoms with van der Waals surface area (Å²) in [7, 11) is 1.00. The number of likely N-dealkylation sites (N-methyl/N-ethyl adjacent to an activating group) is 1. The van der Waals surface area contributed by atoms with Gasteiger partial charge in [-0.25, -0.2) is 0 Å². The number of nitrogens with zero attached hydrogens (tertiary/aromatic N) is 1. The Morgan fingerprint density at radius 3 is 2.02 bits per heavy atom. The van der Waals surface area contributed by atoms with Crippen molar-refractivity contribution in [3.05, 3.63) is 24.3 Å². The van der Waals surface area contributed by atoms with Crippen LogP contribution in [0.5, 0.6) is 0 Å². The molecule has 0 radical (unpaired) electrons. The van der Waals surface area contributed by atoms with E-state index < -0.39 is 57.1 Å². The van der Waals surface area contributed by atoms with Crippen molar-refractivity contribution in [1.29, 1.82) is 0 Å². The first-order chi connectivity index (χ1) is 27.7. The Labute approximate surface area is 351 Å². The van der Waals surface area contributed by atoms with Gasteiger partial charge < -0.3 is 48.0 Å². The molecular weight excluding hydrogens is 765 g/mol. The Kier molecular flexibility index (Phi) is 30.9. The van der Waals surface area contributed by atoms with Gasteiger partial charge in [0.15, 0.2) is 12.4 Å². The van der Waals surface area contributed by atoms with Gasteiger partial charge in [-0.15, -0.1) is 0 Å². The smallest absolute Gasteiger partial charge is 0.306 e. The van der Waals surface area contributed by atoms with Crippen LogP contribution in [0.4, 0.5) is 0 Å². The lowest BCUT2D eigenvalue weighted by molar-refractivity contribution is -0.870. The van der Waals surface area contributed by atoms with Crippen molar-refractivity contribution in [2.24, 2.45) is 5.92 Å². The monoisotopic (exact) mass is 848 g/mol. The van der Waals surface area contributed by atoms with Gasteiger partial charge in [0.05, 0.1) is 46.1 Å². The third-order valence-electron chi connectivity index (χ3n) is 10.3. The fraction of sp³-hybridized carbons (Fsp3) is 0.864. The Morgan fingerprint density at radius 2 is 1.40 bits per heavy atom. The second-order valence-corrected chi connectivity index (χ2v) is 18.4. The molecule has 7 atom stereocenters. The average Bonchev–Trinajstić information content (AvgIpc) is 3.15. The van der Waals surface area contributed by atoms with Crippen LogP contribution in [-0.4, -0.2) is 110 Å². The highest BCUT2D eigenvalue weighted by atomic mass is 31.2. The van der Waals surface area contributed by atoms with E-state index in [1.807, 2.05) is 33.3 Å². The number of hydrogen-bond acceptors (Lipinski definition) is 12. The van der Waals surface area contributed by atoms with Gasteiger partial charge in [-0.05, 0) is 32.1 Å². The highest BCUT2D eigenvalue weighted by Gasteiger charge is 2.35. The van der Waals surface area contributed by atoms with Crippen LogP contribution >= 0.6 is 7.82 Å². The Morgan fingerprint density at radius 1 is 0.810 bits per heavy atom. The topological polar surface area (TPSA) is 181 Å². The number of phosphoric acid groups is 1. The second-order valence-electron chi connectivity index (χ2n) is 16.9. The zero-order chi connectivity index (χ0) is 43.1. The van der Waals surface area contributed by atoms with Crippen molar-refractivity contribution < 1.29 is 62.1 Å². The molecule has 1 saturated heterocycles. The van der Waals surface area contributed by atoms with Crippen LogP contribution in [0.2, 0.25) is 0 Å². The highest BCUT2D eigenvalue weighted by molar-refractivity contribution is 7.45. The van der Waals surface area contributed by atoms with Crippen LogP contribution in [0.3, 0.4) is 0 Å². The SMILES string of the molecule is CCCCCCCCCCCCCCCC(=O)OC[C@H](COP(=O)([O-])OCC[N+](C)(C)C)OC(=O)CCC/C=C\C[C@H]1[C@@H](O)CC(O)O[C@@H]1/C=C/[C@@H](O)CCCCC. The Balaban J connectivity index is 2.55. The molecule has 58 heavy (non-hydrogen) atoms. The van der Waals surface area contributed by atoms with Gasteiger partial charge in [-0.3, -0.25) is 14.2 Å². The van der Waals surface area contributed by atoms with Crippen molar-refractivity contribution in [3.8, 4) is 0 Å². The largest absolute Gasteiger partial charge is 0.756 e. The number of esters is 2. The molecule has 0 aliphatic carbocycles. The van der Waals surface area contributed by atoms with E-state index >= 15 is 0 Å². The minimum atomic E-state index is -4.70. The van der Waals surface area contributed by atoms with E-state index in [9.17, 15) is 34.4 Å². The minimum Gasteiger partial charge on any atom is -0.756 e. The number of hydrogen-bond donors (Lipinski definition) is 3. The average molecular weight is 848 g/mol. The van der Waals surface area contributed by atoms with E-state index in [0.29, 0.717) is 43.1 Å². The lowest BCUT2D eigenvalue weighted by atomic mass is 9.87. The first-order valence-electron chi connectivity index (χ1n) is 22.4. The molecule has 0 aromatic rings. The maximum Gasteiger partial charge on any atom is 0.306 e. The lowest BCUT2D eigenvalue weighted by Crippen LogP contribution is -2.43. The van der Waals surface area contributed by atoms with E-state index in [4.69, 9.17) is 23.3 Å². The summed E-state index contributed by atoms with van der Waals surface area (Å²) < 4.78 is 39.5. The van der Waals surface area contributed by atoms with Crippen LogP contribution in [0.1, 0.15) is 162 Å². The number of carbonyl (C=O) groups excluding carboxylic acids is 2. The fourth-order valence-electron chi connectivity index (χ4n) is 6.63. The second kappa shape index (κ2) is 33.0. The Hall–Kier alpha value is -1.67. The van der Waals surface area contributed by atoms with Crippen LogP contribution in [0.15, 0.2) is 24.3 Å². The lowest BCUT2D eigenvalue weighted by Gasteiger charge is -2.36. The van der Waals surface area contributed by atoms with Crippen molar-refractivity contribution in [2.75, 3.05) is 47.5 Å². The van der Waals surface area contributed by atoms with Gasteiger partial charge in [-0.1, -0.05) is 134 Å². The maximum atomic E-state index is 12.8. The number of aliphatic hydroxyl groups excluding tert-OH is 3. The predicted octanol–water partition coefficient (Wildman–Crippen LogP) is 7.83. The summed E-state index contributed by atoms with van der Waals surface area (Å²) >= 11 is 0. The molecule has 13 nitrogen and oxygen atoms in total. The van der Waals surface area contributed by atoms with Gasteiger partial charge in [0.1, 0.15) is 19.8 Å². The first kappa shape index (κ1) is 54.3. The molecule has 14 heteroatoms. The van der Waals surface area contributed by atoms with E-state index in [2.05, 4.69) is 13.8 Å². The molecule has 1 heterocycles. The zero-order valence-electron chi connectivity index (χ0n) is 36.8. The van der Waals surface area contributed by atoms with Gasteiger partial charge >= 0.3 is 11.9 Å². The summed E-state index contributed by atoms with van der Waals surface area (Å²) in [5.41, 5.74) is 0. The number of aliphatic hydroxyl groups is 3. The van der Waals surface area contributed by atoms with Crippen LogP contribution in [0.25, 0.3) is 0 Å². The molecule has 1 fully saturated rings. The van der Waals surface area contributed by atoms with Crippen molar-refractivity contribution in [1.82, 2.24) is 0 Å². The van der Waals surface area contributed by atoms with Crippen molar-refractivity contribution >= 4 is 19.8 Å². The number of unbranched alkanes of at least 4 members (excludes halogenated alkanes) is 15. The fourth-order valence-corrected chi connectivity index (χ4v) is 7.36. The molecule has 0 saturated carbocycles. The molecule has 1 aliphatic heterocycles. The molecule has 0 amide bonds. The van der Waals surface area contributed by atoms with Gasteiger partial charge in [0.25, 0.3) is 7.82 Å². The zero-order valence-corrected chi connectivity index (χ0v) is 37.7. The molecular formula is C44H82NO12P. The third-order valence-corrected chi connectivity index (χ3v) is 11.2. The molecule has 1 aliphatic rings. The first-order valence-corrected chi connectivity index (χ1v) is 23.9. The van der Waals surface area contributed by atoms with E-state index in [-0.39, 0.29) is 38.4 Å². The van der Waals surface area contributed by atoms with Crippen LogP contribution in [0, 0.1) is 5.92 Å². The van der Waals surface area contributed by atoms with Crippen LogP contribution < -0.4 is 4.89 Å². The molecule has 3 N–H and O–H groups in total. The quantitative estimate of drug-likeness (QED) is 0.0183. The molecule has 0 aromatic carbocycles. The van der Waals surface area contributed by atoms with Crippen molar-refractivity contribution in [2.45, 2.75) is 192 Å². The maximum absolute atomic E-state index is 12.8. The summed E-state index contributed by atoms with van der Waals surface area (Å²) in [5.74, 6) is -1.35. The minimum absolute atomic E-state index is 0.0332. The standard InChI is InChI=1S/C44H82NO12P/c1-6-8-10-11-12-13-14-15-16-17-18-19-24-28-42(48)53-35-38(36-55-58(51,52)54-33-32-45(3,4)5)56-43(49)29-25-21-20-23-27-39-40(47)34-44(50)57-41(39)31-30-37(46)26-22-9-7-2/h20,23,30-31,37-41,44,46-47,50H,6-19,21-22,24-29,32-36H2,1-5H3/b23-20-,31-30+/t37-,38+,39-,40-,41+,44?/m0/s1. The highest BCUT2D eigenvalue weighted by Crippen LogP contribution is 2.38. The van der Waals surface area contributed by atoms with Gasteiger partial charge in [-0.2, -0.15) is 0 Å². The summed E-state index contributed by atoms with van der Waals surface area (Å²) in [4.78, 5) is 37.7. The summed E-state index contributed by atoms with van der Waals surface area (Å²) in [6.45, 7) is 3.80. The number of carbonyl (C=O) groups is 2. The third kappa shape index (κ3) is 30.4. The Bertz CT molecular complexity index is 1160. The number of quaternary nitrogens is 1. The van der Waals surface area contributed by atoms with E-state index in [0.717, 1.165) is 38.5 Å². The summed E-state index contributed by atoms with van der Waals surface area (Å²) in [6, 6.07) is 0. The number of rotatable bonds is 36. The van der Waals surface area contributed by atoms with E-state index in [1.165, 1.54) is 57.8 Å². The molecule has 0 bridgehead atoms. The summed E-state index contributed by atoms with van der Waals surface area (Å²) in [6.07, 6.45) is 23.9. The predicted molar refractivity (Wildman–Crippen MR) is 225 cm³/mol. The molecule has 1 rings (SSSR count). The number of ether oxygens (including phenoxy) is 3. The van der Waals surface area contributed by atoms with Gasteiger partial charge in [0.2, 0.25) is 0 Å². The molecule has 340 valence electrons. The van der Waals surface area contributed by atoms with E-state index in [1.54, 1.807) is 12.2 Å². The molecule has 2 unspecified atom stereocenters. The van der Waals surface area contributed by atoms with Gasteiger partial charge in [0, 0.05) is 25.2 Å². The van der Waals surface area contributed by atoms with Crippen LogP contribution in [-0.2, 0) is 37.4 Å².